The second-order valence-electron chi connectivity index (χ2n) is 4.83. The maximum atomic E-state index is 8.84. The van der Waals surface area contributed by atoms with E-state index in [9.17, 15) is 0 Å². The minimum Gasteiger partial charge on any atom is -0.394 e. The third-order valence-electron chi connectivity index (χ3n) is 3.07. The Labute approximate surface area is 113 Å². The molecule has 0 saturated carbocycles. The van der Waals surface area contributed by atoms with Crippen molar-refractivity contribution in [3.8, 4) is 0 Å². The molecular weight excluding hydrogens is 242 g/mol. The molecule has 0 amide bonds. The Morgan fingerprint density at radius 2 is 2.21 bits per heavy atom. The molecule has 0 aliphatic heterocycles. The van der Waals surface area contributed by atoms with Crippen molar-refractivity contribution in [1.82, 2.24) is 19.6 Å². The molecular formula is C13H21N5O. The van der Waals surface area contributed by atoms with Crippen LogP contribution in [0.2, 0.25) is 0 Å². The molecule has 2 rings (SSSR count). The molecule has 0 fully saturated rings. The van der Waals surface area contributed by atoms with Crippen LogP contribution in [-0.4, -0.2) is 31.3 Å². The molecule has 6 nitrogen and oxygen atoms in total. The Balaban J connectivity index is 1.98. The molecule has 0 radical (unpaired) electrons. The van der Waals surface area contributed by atoms with Gasteiger partial charge >= 0.3 is 0 Å². The lowest BCUT2D eigenvalue weighted by atomic mass is 10.2. The van der Waals surface area contributed by atoms with Crippen LogP contribution in [0.5, 0.6) is 0 Å². The van der Waals surface area contributed by atoms with Crippen LogP contribution in [0.3, 0.4) is 0 Å². The molecule has 0 spiro atoms. The van der Waals surface area contributed by atoms with E-state index in [0.717, 1.165) is 5.82 Å². The average molecular weight is 263 g/mol. The maximum Gasteiger partial charge on any atom is 0.148 e. The van der Waals surface area contributed by atoms with Gasteiger partial charge in [0.25, 0.3) is 0 Å². The Bertz CT molecular complexity index is 529. The Morgan fingerprint density at radius 1 is 1.42 bits per heavy atom. The summed E-state index contributed by atoms with van der Waals surface area (Å²) in [5.41, 5.74) is 2.35. The molecule has 104 valence electrons. The standard InChI is InChI=1S/C13H21N5O/c1-10(2)18-11(3)12(9-15-18)8-14-13-4-5-17(16-13)6-7-19/h4-5,9-10,19H,6-8H2,1-3H3,(H,14,16). The Morgan fingerprint density at radius 3 is 2.84 bits per heavy atom. The van der Waals surface area contributed by atoms with Crippen molar-refractivity contribution in [2.45, 2.75) is 39.9 Å². The number of aromatic nitrogens is 4. The van der Waals surface area contributed by atoms with E-state index in [1.165, 1.54) is 11.3 Å². The van der Waals surface area contributed by atoms with E-state index < -0.39 is 0 Å². The fourth-order valence-corrected chi connectivity index (χ4v) is 2.02. The predicted octanol–water partition coefficient (Wildman–Crippen LogP) is 1.57. The smallest absolute Gasteiger partial charge is 0.148 e. The van der Waals surface area contributed by atoms with Crippen molar-refractivity contribution < 1.29 is 5.11 Å². The largest absolute Gasteiger partial charge is 0.394 e. The van der Waals surface area contributed by atoms with E-state index in [4.69, 9.17) is 5.11 Å². The van der Waals surface area contributed by atoms with Crippen molar-refractivity contribution >= 4 is 5.82 Å². The molecule has 0 aromatic carbocycles. The van der Waals surface area contributed by atoms with E-state index in [0.29, 0.717) is 19.1 Å². The maximum absolute atomic E-state index is 8.84. The molecule has 19 heavy (non-hydrogen) atoms. The molecule has 2 aromatic heterocycles. The lowest BCUT2D eigenvalue weighted by Gasteiger charge is -2.09. The summed E-state index contributed by atoms with van der Waals surface area (Å²) >= 11 is 0. The number of rotatable bonds is 6. The Kier molecular flexibility index (Phi) is 4.21. The van der Waals surface area contributed by atoms with Crippen LogP contribution in [0.4, 0.5) is 5.82 Å². The van der Waals surface area contributed by atoms with Crippen LogP contribution < -0.4 is 5.32 Å². The van der Waals surface area contributed by atoms with Gasteiger partial charge in [0, 0.05) is 36.1 Å². The minimum atomic E-state index is 0.0986. The van der Waals surface area contributed by atoms with Crippen LogP contribution in [0.15, 0.2) is 18.5 Å². The van der Waals surface area contributed by atoms with Crippen LogP contribution in [0.1, 0.15) is 31.1 Å². The molecule has 0 aliphatic rings. The van der Waals surface area contributed by atoms with Crippen molar-refractivity contribution in [2.75, 3.05) is 11.9 Å². The lowest BCUT2D eigenvalue weighted by molar-refractivity contribution is 0.269. The molecule has 2 N–H and O–H groups in total. The van der Waals surface area contributed by atoms with Crippen molar-refractivity contribution in [3.05, 3.63) is 29.7 Å². The summed E-state index contributed by atoms with van der Waals surface area (Å²) in [6.07, 6.45) is 3.75. The first kappa shape index (κ1) is 13.6. The van der Waals surface area contributed by atoms with Gasteiger partial charge in [-0.15, -0.1) is 0 Å². The van der Waals surface area contributed by atoms with E-state index in [1.807, 2.05) is 23.1 Å². The predicted molar refractivity (Wildman–Crippen MR) is 74.0 cm³/mol. The third kappa shape index (κ3) is 3.14. The first-order chi connectivity index (χ1) is 9.11. The molecule has 6 heteroatoms. The van der Waals surface area contributed by atoms with E-state index >= 15 is 0 Å². The zero-order valence-corrected chi connectivity index (χ0v) is 11.7. The summed E-state index contributed by atoms with van der Waals surface area (Å²) in [7, 11) is 0. The Hall–Kier alpha value is -1.82. The van der Waals surface area contributed by atoms with E-state index in [2.05, 4.69) is 36.3 Å². The molecule has 2 heterocycles. The number of anilines is 1. The highest BCUT2D eigenvalue weighted by Gasteiger charge is 2.08. The SMILES string of the molecule is Cc1c(CNc2ccn(CCO)n2)cnn1C(C)C. The second-order valence-corrected chi connectivity index (χ2v) is 4.83. The van der Waals surface area contributed by atoms with Gasteiger partial charge in [-0.05, 0) is 20.8 Å². The van der Waals surface area contributed by atoms with Crippen LogP contribution in [0, 0.1) is 6.92 Å². The minimum absolute atomic E-state index is 0.0986. The van der Waals surface area contributed by atoms with E-state index in [1.54, 1.807) is 4.68 Å². The van der Waals surface area contributed by atoms with Crippen LogP contribution in [-0.2, 0) is 13.1 Å². The van der Waals surface area contributed by atoms with Gasteiger partial charge in [-0.3, -0.25) is 9.36 Å². The number of nitrogens with zero attached hydrogens (tertiary/aromatic N) is 4. The number of hydrogen-bond donors (Lipinski definition) is 2. The van der Waals surface area contributed by atoms with Crippen LogP contribution in [0.25, 0.3) is 0 Å². The topological polar surface area (TPSA) is 67.9 Å². The number of aliphatic hydroxyl groups is 1. The number of hydrogen-bond acceptors (Lipinski definition) is 4. The summed E-state index contributed by atoms with van der Waals surface area (Å²) in [4.78, 5) is 0. The normalized spacial score (nSPS) is 11.2. The highest BCUT2D eigenvalue weighted by atomic mass is 16.3. The zero-order valence-electron chi connectivity index (χ0n) is 11.7. The number of aliphatic hydroxyl groups excluding tert-OH is 1. The third-order valence-corrected chi connectivity index (χ3v) is 3.07. The van der Waals surface area contributed by atoms with Crippen molar-refractivity contribution in [1.29, 1.82) is 0 Å². The summed E-state index contributed by atoms with van der Waals surface area (Å²) < 4.78 is 3.73. The van der Waals surface area contributed by atoms with Crippen molar-refractivity contribution in [3.63, 3.8) is 0 Å². The van der Waals surface area contributed by atoms with Gasteiger partial charge in [0.15, 0.2) is 0 Å². The summed E-state index contributed by atoms with van der Waals surface area (Å²) in [5, 5.41) is 20.8. The van der Waals surface area contributed by atoms with Gasteiger partial charge < -0.3 is 10.4 Å². The highest BCUT2D eigenvalue weighted by Crippen LogP contribution is 2.14. The van der Waals surface area contributed by atoms with E-state index in [-0.39, 0.29) is 6.61 Å². The van der Waals surface area contributed by atoms with Gasteiger partial charge in [-0.2, -0.15) is 10.2 Å². The first-order valence-corrected chi connectivity index (χ1v) is 6.53. The lowest BCUT2D eigenvalue weighted by Crippen LogP contribution is -2.07. The summed E-state index contributed by atoms with van der Waals surface area (Å²) in [6, 6.07) is 2.27. The average Bonchev–Trinajstić information content (AvgIpc) is 2.94. The molecule has 0 aliphatic carbocycles. The fourth-order valence-electron chi connectivity index (χ4n) is 2.02. The van der Waals surface area contributed by atoms with Crippen molar-refractivity contribution in [2.24, 2.45) is 0 Å². The summed E-state index contributed by atoms with van der Waals surface area (Å²) in [6.45, 7) is 7.64. The van der Waals surface area contributed by atoms with Gasteiger partial charge in [0.1, 0.15) is 5.82 Å². The molecule has 2 aromatic rings. The van der Waals surface area contributed by atoms with Gasteiger partial charge in [-0.25, -0.2) is 0 Å². The van der Waals surface area contributed by atoms with Gasteiger partial charge in [-0.1, -0.05) is 0 Å². The van der Waals surface area contributed by atoms with Gasteiger partial charge in [0.2, 0.25) is 0 Å². The summed E-state index contributed by atoms with van der Waals surface area (Å²) in [5.74, 6) is 0.810. The second kappa shape index (κ2) is 5.88. The molecule has 0 saturated heterocycles. The van der Waals surface area contributed by atoms with Crippen LogP contribution >= 0.6 is 0 Å². The molecule has 0 bridgehead atoms. The molecule has 0 atom stereocenters. The fraction of sp³-hybridized carbons (Fsp3) is 0.538. The highest BCUT2D eigenvalue weighted by molar-refractivity contribution is 5.34. The quantitative estimate of drug-likeness (QED) is 0.830. The molecule has 0 unspecified atom stereocenters. The van der Waals surface area contributed by atoms with Gasteiger partial charge in [0.05, 0.1) is 19.3 Å². The number of nitrogens with one attached hydrogen (secondary N) is 1. The first-order valence-electron chi connectivity index (χ1n) is 6.53. The monoisotopic (exact) mass is 263 g/mol. The zero-order chi connectivity index (χ0) is 13.8.